The van der Waals surface area contributed by atoms with Crippen molar-refractivity contribution in [3.8, 4) is 0 Å². The Balaban J connectivity index is 1.25. The molecular weight excluding hydrogens is 622 g/mol. The van der Waals surface area contributed by atoms with E-state index in [1.807, 2.05) is 0 Å². The maximum absolute atomic E-state index is 2.55. The van der Waals surface area contributed by atoms with E-state index in [2.05, 4.69) is 213 Å². The first-order valence-electron chi connectivity index (χ1n) is 16.2. The van der Waals surface area contributed by atoms with Crippen molar-refractivity contribution < 1.29 is 0 Å². The molecule has 0 bridgehead atoms. The summed E-state index contributed by atoms with van der Waals surface area (Å²) >= 11 is 0. The van der Waals surface area contributed by atoms with E-state index in [4.69, 9.17) is 0 Å². The van der Waals surface area contributed by atoms with Crippen LogP contribution in [0.3, 0.4) is 0 Å². The lowest BCUT2D eigenvalue weighted by Crippen LogP contribution is -2.27. The van der Waals surface area contributed by atoms with E-state index in [1.54, 1.807) is 0 Å². The molecule has 0 saturated carbocycles. The second-order valence-corrected chi connectivity index (χ2v) is 15.5. The van der Waals surface area contributed by atoms with Crippen molar-refractivity contribution >= 4 is 72.6 Å². The van der Waals surface area contributed by atoms with Gasteiger partial charge in [-0.15, -0.1) is 0 Å². The zero-order chi connectivity index (χ0) is 31.9. The topological polar surface area (TPSA) is 13.0 Å². The summed E-state index contributed by atoms with van der Waals surface area (Å²) in [4.78, 5) is 0. The Labute approximate surface area is 284 Å². The quantitative estimate of drug-likeness (QED) is 0.165. The molecule has 0 fully saturated rings. The van der Waals surface area contributed by atoms with E-state index in [0.29, 0.717) is 0 Å². The Morgan fingerprint density at radius 3 is 0.771 bits per heavy atom. The molecule has 0 N–H and O–H groups in total. The fraction of sp³-hybridized carbons (Fsp3) is 0. The fourth-order valence-electron chi connectivity index (χ4n) is 6.71. The zero-order valence-electron chi connectivity index (χ0n) is 26.2. The average Bonchev–Trinajstić information content (AvgIpc) is 3.70. The molecule has 6 heteroatoms. The molecule has 230 valence electrons. The molecule has 2 heterocycles. The van der Waals surface area contributed by atoms with Crippen molar-refractivity contribution in [3.05, 3.63) is 194 Å². The highest BCUT2D eigenvalue weighted by atomic mass is 31.1. The molecule has 0 amide bonds. The number of fused-ring (bicyclic) bond motifs is 2. The minimum Gasteiger partial charge on any atom is -0.297 e. The van der Waals surface area contributed by atoms with Crippen LogP contribution in [0.25, 0.3) is 0 Å². The molecule has 0 spiro atoms. The molecule has 2 aliphatic rings. The van der Waals surface area contributed by atoms with Gasteiger partial charge in [0, 0.05) is 33.4 Å². The predicted octanol–water partition coefficient (Wildman–Crippen LogP) is 11.5. The maximum atomic E-state index is 2.55. The van der Waals surface area contributed by atoms with Gasteiger partial charge in [-0.2, -0.15) is 0 Å². The molecule has 0 atom stereocenters. The molecule has 2 aliphatic heterocycles. The van der Waals surface area contributed by atoms with Gasteiger partial charge in [-0.25, -0.2) is 0 Å². The first-order chi connectivity index (χ1) is 23.9. The summed E-state index contributed by atoms with van der Waals surface area (Å²) in [6.07, 6.45) is 0. The highest BCUT2D eigenvalue weighted by Crippen LogP contribution is 2.67. The average molecular weight is 655 g/mol. The summed E-state index contributed by atoms with van der Waals surface area (Å²) in [6, 6.07) is 70.4. The van der Waals surface area contributed by atoms with Gasteiger partial charge in [-0.1, -0.05) is 115 Å². The summed E-state index contributed by atoms with van der Waals surface area (Å²) in [5, 5.41) is 2.59. The molecule has 7 aromatic carbocycles. The normalized spacial score (nSPS) is 14.3. The summed E-state index contributed by atoms with van der Waals surface area (Å²) in [5.74, 6) is 0. The number of para-hydroxylation sites is 8. The van der Waals surface area contributed by atoms with Crippen LogP contribution in [0.15, 0.2) is 194 Å². The Hall–Kier alpha value is -5.40. The van der Waals surface area contributed by atoms with Crippen molar-refractivity contribution in [1.82, 2.24) is 0 Å². The molecule has 9 rings (SSSR count). The third-order valence-corrected chi connectivity index (χ3v) is 13.5. The van der Waals surface area contributed by atoms with Crippen molar-refractivity contribution in [1.29, 1.82) is 0 Å². The molecule has 0 aliphatic carbocycles. The van der Waals surface area contributed by atoms with Crippen LogP contribution in [0, 0.1) is 0 Å². The van der Waals surface area contributed by atoms with Crippen LogP contribution in [0.1, 0.15) is 0 Å². The number of hydrogen-bond acceptors (Lipinski definition) is 4. The molecule has 4 nitrogen and oxygen atoms in total. The first kappa shape index (κ1) is 28.8. The van der Waals surface area contributed by atoms with Gasteiger partial charge in [-0.05, 0) is 78.9 Å². The number of anilines is 8. The second-order valence-electron chi connectivity index (χ2n) is 11.7. The van der Waals surface area contributed by atoms with E-state index < -0.39 is 16.4 Å². The van der Waals surface area contributed by atoms with Crippen molar-refractivity contribution in [2.45, 2.75) is 0 Å². The molecule has 0 aromatic heterocycles. The van der Waals surface area contributed by atoms with Gasteiger partial charge in [0.15, 0.2) is 0 Å². The number of nitrogens with zero attached hydrogens (tertiary/aromatic N) is 4. The maximum Gasteiger partial charge on any atom is 0.138 e. The van der Waals surface area contributed by atoms with Crippen molar-refractivity contribution in [2.75, 3.05) is 18.7 Å². The van der Waals surface area contributed by atoms with Gasteiger partial charge < -0.3 is 0 Å². The molecule has 7 aromatic rings. The molecular formula is C42H32N4P2. The summed E-state index contributed by atoms with van der Waals surface area (Å²) in [5.41, 5.74) is 9.65. The zero-order valence-corrected chi connectivity index (χ0v) is 27.9. The monoisotopic (exact) mass is 654 g/mol. The predicted molar refractivity (Wildman–Crippen MR) is 207 cm³/mol. The highest BCUT2D eigenvalue weighted by Gasteiger charge is 2.42. The SMILES string of the molecule is c1ccc(N2c3ccccc3N(c3ccccc3)P2c2cccc(P3N(c4ccccc4)c4ccccc4N3c3ccccc3)c2)cc1. The third-order valence-electron chi connectivity index (χ3n) is 8.73. The lowest BCUT2D eigenvalue weighted by molar-refractivity contribution is 1.44. The van der Waals surface area contributed by atoms with Gasteiger partial charge in [0.25, 0.3) is 0 Å². The van der Waals surface area contributed by atoms with Crippen LogP contribution in [0.4, 0.5) is 45.5 Å². The third kappa shape index (κ3) is 4.85. The standard InChI is InChI=1S/C42H32N4P2/c1-5-18-33(19-6-1)43-39-28-13-14-29-40(39)44(34-20-7-2-8-21-34)47(43)37-26-17-27-38(32-37)48-45(35-22-9-3-10-23-35)41-30-15-16-31-42(41)46(48)36-24-11-4-12-25-36/h1-32H. The molecule has 0 unspecified atom stereocenters. The smallest absolute Gasteiger partial charge is 0.138 e. The van der Waals surface area contributed by atoms with Crippen LogP contribution in [0.2, 0.25) is 0 Å². The van der Waals surface area contributed by atoms with Crippen LogP contribution in [-0.2, 0) is 0 Å². The largest absolute Gasteiger partial charge is 0.297 e. The fourth-order valence-corrected chi connectivity index (χ4v) is 11.9. The number of hydrogen-bond donors (Lipinski definition) is 0. The second kappa shape index (κ2) is 12.3. The van der Waals surface area contributed by atoms with E-state index >= 15 is 0 Å². The number of rotatable bonds is 6. The number of benzene rings is 7. The van der Waals surface area contributed by atoms with Crippen LogP contribution >= 0.6 is 16.4 Å². The Bertz CT molecular complexity index is 1890. The summed E-state index contributed by atoms with van der Waals surface area (Å²) in [7, 11) is -2.07. The lowest BCUT2D eigenvalue weighted by atomic mass is 10.2. The Kier molecular flexibility index (Phi) is 7.39. The Morgan fingerprint density at radius 1 is 0.250 bits per heavy atom. The lowest BCUT2D eigenvalue weighted by Gasteiger charge is -2.35. The van der Waals surface area contributed by atoms with Crippen molar-refractivity contribution in [2.24, 2.45) is 0 Å². The van der Waals surface area contributed by atoms with Crippen LogP contribution in [-0.4, -0.2) is 0 Å². The Morgan fingerprint density at radius 2 is 0.500 bits per heavy atom. The summed E-state index contributed by atoms with van der Waals surface area (Å²) < 4.78 is 10.2. The minimum absolute atomic E-state index is 1.03. The van der Waals surface area contributed by atoms with Gasteiger partial charge in [0.05, 0.1) is 22.7 Å². The molecule has 0 radical (unpaired) electrons. The van der Waals surface area contributed by atoms with Gasteiger partial charge in [-0.3, -0.25) is 18.7 Å². The van der Waals surface area contributed by atoms with E-state index in [-0.39, 0.29) is 0 Å². The highest BCUT2D eigenvalue weighted by molar-refractivity contribution is 7.71. The van der Waals surface area contributed by atoms with E-state index in [1.165, 1.54) is 56.1 Å². The minimum atomic E-state index is -1.03. The van der Waals surface area contributed by atoms with Crippen LogP contribution in [0.5, 0.6) is 0 Å². The summed E-state index contributed by atoms with van der Waals surface area (Å²) in [6.45, 7) is 0. The van der Waals surface area contributed by atoms with Gasteiger partial charge >= 0.3 is 0 Å². The van der Waals surface area contributed by atoms with E-state index in [9.17, 15) is 0 Å². The van der Waals surface area contributed by atoms with Crippen molar-refractivity contribution in [3.63, 3.8) is 0 Å². The van der Waals surface area contributed by atoms with Gasteiger partial charge in [0.1, 0.15) is 16.4 Å². The molecule has 0 saturated heterocycles. The van der Waals surface area contributed by atoms with Crippen LogP contribution < -0.4 is 29.3 Å². The van der Waals surface area contributed by atoms with E-state index in [0.717, 1.165) is 0 Å². The van der Waals surface area contributed by atoms with Gasteiger partial charge in [0.2, 0.25) is 0 Å². The first-order valence-corrected chi connectivity index (χ1v) is 18.6. The molecule has 48 heavy (non-hydrogen) atoms.